The number of rotatable bonds is 6. The number of carbonyl (C=O) groups is 2. The second kappa shape index (κ2) is 9.24. The molecule has 0 aliphatic carbocycles. The molecular formula is C22H19N5O2. The molecule has 0 fully saturated rings. The predicted molar refractivity (Wildman–Crippen MR) is 108 cm³/mol. The number of benzene rings is 1. The summed E-state index contributed by atoms with van der Waals surface area (Å²) in [4.78, 5) is 34.8. The number of carbonyl (C=O) groups excluding carboxylic acids is 2. The number of nitriles is 1. The van der Waals surface area contributed by atoms with Crippen LogP contribution in [0.25, 0.3) is 0 Å². The van der Waals surface area contributed by atoms with E-state index in [0.717, 1.165) is 5.56 Å². The van der Waals surface area contributed by atoms with Crippen LogP contribution in [0.2, 0.25) is 0 Å². The number of nitrogens with zero attached hydrogens (tertiary/aromatic N) is 4. The van der Waals surface area contributed by atoms with E-state index in [2.05, 4.69) is 15.3 Å². The fraction of sp³-hybridized carbons (Fsp3) is 0.136. The monoisotopic (exact) mass is 385 g/mol. The van der Waals surface area contributed by atoms with Crippen molar-refractivity contribution in [1.82, 2.24) is 14.9 Å². The first kappa shape index (κ1) is 19.7. The quantitative estimate of drug-likeness (QED) is 0.703. The Labute approximate surface area is 168 Å². The second-order valence-electron chi connectivity index (χ2n) is 6.41. The molecule has 3 aromatic rings. The van der Waals surface area contributed by atoms with Gasteiger partial charge in [0.1, 0.15) is 6.07 Å². The topological polar surface area (TPSA) is 99.0 Å². The van der Waals surface area contributed by atoms with Crippen molar-refractivity contribution in [2.24, 2.45) is 0 Å². The molecule has 2 aromatic heterocycles. The molecule has 1 aromatic carbocycles. The average Bonchev–Trinajstić information content (AvgIpc) is 2.78. The maximum atomic E-state index is 12.7. The van der Waals surface area contributed by atoms with Gasteiger partial charge in [0.05, 0.1) is 22.4 Å². The molecule has 0 atom stereocenters. The molecule has 144 valence electrons. The Bertz CT molecular complexity index is 1060. The van der Waals surface area contributed by atoms with Crippen LogP contribution in [0.3, 0.4) is 0 Å². The van der Waals surface area contributed by atoms with Crippen molar-refractivity contribution in [3.63, 3.8) is 0 Å². The van der Waals surface area contributed by atoms with Crippen LogP contribution in [0.5, 0.6) is 0 Å². The smallest absolute Gasteiger partial charge is 0.257 e. The summed E-state index contributed by atoms with van der Waals surface area (Å²) < 4.78 is 0. The summed E-state index contributed by atoms with van der Waals surface area (Å²) in [7, 11) is 1.71. The number of aromatic nitrogens is 2. The van der Waals surface area contributed by atoms with E-state index in [0.29, 0.717) is 29.8 Å². The fourth-order valence-electron chi connectivity index (χ4n) is 2.73. The van der Waals surface area contributed by atoms with Gasteiger partial charge < -0.3 is 10.2 Å². The summed E-state index contributed by atoms with van der Waals surface area (Å²) in [6, 6.07) is 14.1. The molecule has 2 amide bonds. The van der Waals surface area contributed by atoms with E-state index in [1.54, 1.807) is 48.6 Å². The zero-order valence-corrected chi connectivity index (χ0v) is 15.9. The van der Waals surface area contributed by atoms with E-state index in [-0.39, 0.29) is 11.5 Å². The van der Waals surface area contributed by atoms with Gasteiger partial charge in [-0.25, -0.2) is 0 Å². The number of likely N-dealkylation sites (N-methyl/N-ethyl adjacent to an activating group) is 1. The minimum absolute atomic E-state index is 0.223. The molecule has 0 saturated carbocycles. The van der Waals surface area contributed by atoms with Gasteiger partial charge in [-0.3, -0.25) is 19.6 Å². The number of anilines is 1. The lowest BCUT2D eigenvalue weighted by Crippen LogP contribution is -2.29. The second-order valence-corrected chi connectivity index (χ2v) is 6.41. The maximum absolute atomic E-state index is 12.7. The van der Waals surface area contributed by atoms with Crippen molar-refractivity contribution >= 4 is 17.5 Å². The Morgan fingerprint density at radius 1 is 1.07 bits per heavy atom. The van der Waals surface area contributed by atoms with E-state index in [4.69, 9.17) is 5.26 Å². The average molecular weight is 385 g/mol. The van der Waals surface area contributed by atoms with E-state index in [1.165, 1.54) is 18.5 Å². The van der Waals surface area contributed by atoms with Gasteiger partial charge in [0.15, 0.2) is 0 Å². The van der Waals surface area contributed by atoms with Crippen LogP contribution < -0.4 is 5.32 Å². The SMILES string of the molecule is CN(CCc1ccncc1)C(=O)c1cncc(C(=O)Nc2ccccc2C#N)c1. The van der Waals surface area contributed by atoms with Gasteiger partial charge in [-0.2, -0.15) is 5.26 Å². The molecule has 7 nitrogen and oxygen atoms in total. The van der Waals surface area contributed by atoms with Gasteiger partial charge in [-0.15, -0.1) is 0 Å². The van der Waals surface area contributed by atoms with E-state index in [9.17, 15) is 9.59 Å². The Morgan fingerprint density at radius 3 is 2.55 bits per heavy atom. The molecule has 0 unspecified atom stereocenters. The highest BCUT2D eigenvalue weighted by Gasteiger charge is 2.16. The summed E-state index contributed by atoms with van der Waals surface area (Å²) in [6.45, 7) is 0.523. The number of hydrogen-bond acceptors (Lipinski definition) is 5. The molecule has 1 N–H and O–H groups in total. The van der Waals surface area contributed by atoms with Crippen molar-refractivity contribution in [3.05, 3.63) is 89.5 Å². The highest BCUT2D eigenvalue weighted by atomic mass is 16.2. The fourth-order valence-corrected chi connectivity index (χ4v) is 2.73. The number of nitrogens with one attached hydrogen (secondary N) is 1. The molecule has 7 heteroatoms. The normalized spacial score (nSPS) is 10.1. The minimum atomic E-state index is -0.436. The number of para-hydroxylation sites is 1. The zero-order chi connectivity index (χ0) is 20.6. The third-order valence-electron chi connectivity index (χ3n) is 4.38. The van der Waals surface area contributed by atoms with Gasteiger partial charge >= 0.3 is 0 Å². The van der Waals surface area contributed by atoms with Gasteiger partial charge in [0.25, 0.3) is 11.8 Å². The lowest BCUT2D eigenvalue weighted by molar-refractivity contribution is 0.0796. The van der Waals surface area contributed by atoms with Crippen LogP contribution in [0, 0.1) is 11.3 Å². The molecule has 29 heavy (non-hydrogen) atoms. The van der Waals surface area contributed by atoms with Crippen molar-refractivity contribution < 1.29 is 9.59 Å². The van der Waals surface area contributed by atoms with Crippen LogP contribution in [0.15, 0.2) is 67.3 Å². The Hall–Kier alpha value is -4.05. The van der Waals surface area contributed by atoms with E-state index in [1.807, 2.05) is 18.2 Å². The molecule has 2 heterocycles. The lowest BCUT2D eigenvalue weighted by Gasteiger charge is -2.17. The summed E-state index contributed by atoms with van der Waals surface area (Å²) >= 11 is 0. The van der Waals surface area contributed by atoms with Crippen LogP contribution in [0.1, 0.15) is 31.8 Å². The molecule has 0 aliphatic rings. The largest absolute Gasteiger partial charge is 0.341 e. The lowest BCUT2D eigenvalue weighted by atomic mass is 10.1. The Morgan fingerprint density at radius 2 is 1.79 bits per heavy atom. The van der Waals surface area contributed by atoms with Crippen molar-refractivity contribution in [1.29, 1.82) is 5.26 Å². The summed E-state index contributed by atoms with van der Waals surface area (Å²) in [5.41, 5.74) is 2.42. The first-order chi connectivity index (χ1) is 14.1. The van der Waals surface area contributed by atoms with Gasteiger partial charge in [-0.05, 0) is 42.3 Å². The van der Waals surface area contributed by atoms with Crippen molar-refractivity contribution in [2.45, 2.75) is 6.42 Å². The third-order valence-corrected chi connectivity index (χ3v) is 4.38. The van der Waals surface area contributed by atoms with Crippen LogP contribution in [-0.2, 0) is 6.42 Å². The maximum Gasteiger partial charge on any atom is 0.257 e. The van der Waals surface area contributed by atoms with Gasteiger partial charge in [0, 0.05) is 38.4 Å². The van der Waals surface area contributed by atoms with Crippen molar-refractivity contribution in [3.8, 4) is 6.07 Å². The first-order valence-corrected chi connectivity index (χ1v) is 8.98. The molecule has 0 bridgehead atoms. The van der Waals surface area contributed by atoms with Crippen LogP contribution in [0.4, 0.5) is 5.69 Å². The van der Waals surface area contributed by atoms with Gasteiger partial charge in [-0.1, -0.05) is 12.1 Å². The molecular weight excluding hydrogens is 366 g/mol. The molecule has 0 aliphatic heterocycles. The van der Waals surface area contributed by atoms with E-state index < -0.39 is 5.91 Å². The van der Waals surface area contributed by atoms with Crippen molar-refractivity contribution in [2.75, 3.05) is 18.9 Å². The third kappa shape index (κ3) is 5.02. The van der Waals surface area contributed by atoms with Gasteiger partial charge in [0.2, 0.25) is 0 Å². The van der Waals surface area contributed by atoms with E-state index >= 15 is 0 Å². The summed E-state index contributed by atoms with van der Waals surface area (Å²) in [5.74, 6) is -0.659. The highest BCUT2D eigenvalue weighted by molar-refractivity contribution is 6.06. The molecule has 0 saturated heterocycles. The summed E-state index contributed by atoms with van der Waals surface area (Å²) in [6.07, 6.45) is 6.95. The standard InChI is InChI=1S/C22H19N5O2/c1-27(11-8-16-6-9-24-10-7-16)22(29)19-12-18(14-25-15-19)21(28)26-20-5-3-2-4-17(20)13-23/h2-7,9-10,12,14-15H,8,11H2,1H3,(H,26,28). The number of hydrogen-bond donors (Lipinski definition) is 1. The molecule has 0 radical (unpaired) electrons. The first-order valence-electron chi connectivity index (χ1n) is 8.98. The minimum Gasteiger partial charge on any atom is -0.341 e. The number of amides is 2. The van der Waals surface area contributed by atoms with Crippen LogP contribution >= 0.6 is 0 Å². The van der Waals surface area contributed by atoms with Crippen LogP contribution in [-0.4, -0.2) is 40.3 Å². The summed E-state index contributed by atoms with van der Waals surface area (Å²) in [5, 5.41) is 11.8. The molecule has 3 rings (SSSR count). The zero-order valence-electron chi connectivity index (χ0n) is 15.9. The highest BCUT2D eigenvalue weighted by Crippen LogP contribution is 2.15. The number of pyridine rings is 2. The molecule has 0 spiro atoms. The Kier molecular flexibility index (Phi) is 6.28. The Balaban J connectivity index is 1.68. The predicted octanol–water partition coefficient (Wildman–Crippen LogP) is 2.92.